The lowest BCUT2D eigenvalue weighted by Crippen LogP contribution is -2.04. The fraction of sp³-hybridized carbons (Fsp3) is 0.250. The second-order valence-electron chi connectivity index (χ2n) is 3.45. The highest BCUT2D eigenvalue weighted by atomic mass is 16.6. The third-order valence-corrected chi connectivity index (χ3v) is 2.13. The third-order valence-electron chi connectivity index (χ3n) is 2.13. The standard InChI is InChI=1S/C8H7B2N2O2/c1-5-2-6(4-11-3-5)12-8-10(14-8)7-9-13-7/h2-4,7H,1H3. The summed E-state index contributed by atoms with van der Waals surface area (Å²) in [5.74, 6) is 0.877. The van der Waals surface area contributed by atoms with Gasteiger partial charge in [0.05, 0.1) is 17.8 Å². The molecule has 2 fully saturated rings. The highest BCUT2D eigenvalue weighted by Gasteiger charge is 2.56. The Bertz CT molecular complexity index is 406. The van der Waals surface area contributed by atoms with Crippen LogP contribution in [0.4, 0.5) is 5.69 Å². The third kappa shape index (κ3) is 1.53. The van der Waals surface area contributed by atoms with Crippen molar-refractivity contribution in [3.05, 3.63) is 24.0 Å². The first-order valence-electron chi connectivity index (χ1n) is 4.48. The highest BCUT2D eigenvalue weighted by molar-refractivity contribution is 7.04. The van der Waals surface area contributed by atoms with Crippen molar-refractivity contribution >= 4 is 25.9 Å². The summed E-state index contributed by atoms with van der Waals surface area (Å²) in [4.78, 5) is 8.35. The van der Waals surface area contributed by atoms with Gasteiger partial charge in [-0.15, -0.1) is 0 Å². The first kappa shape index (κ1) is 8.05. The zero-order chi connectivity index (χ0) is 9.54. The summed E-state index contributed by atoms with van der Waals surface area (Å²) < 4.78 is 10.2. The highest BCUT2D eigenvalue weighted by Crippen LogP contribution is 2.26. The minimum absolute atomic E-state index is 0.0514. The Balaban J connectivity index is 1.78. The lowest BCUT2D eigenvalue weighted by molar-refractivity contribution is 0.513. The maximum Gasteiger partial charge on any atom is 0.474 e. The van der Waals surface area contributed by atoms with Crippen LogP contribution in [0.2, 0.25) is 0 Å². The smallest absolute Gasteiger partial charge is 0.474 e. The molecule has 6 heteroatoms. The Morgan fingerprint density at radius 1 is 1.57 bits per heavy atom. The van der Waals surface area contributed by atoms with Crippen molar-refractivity contribution in [1.29, 1.82) is 0 Å². The molecule has 4 nitrogen and oxygen atoms in total. The summed E-state index contributed by atoms with van der Waals surface area (Å²) in [6, 6.07) is 1.97. The Kier molecular flexibility index (Phi) is 1.64. The molecule has 14 heavy (non-hydrogen) atoms. The van der Waals surface area contributed by atoms with Crippen LogP contribution in [0.15, 0.2) is 23.5 Å². The predicted octanol–water partition coefficient (Wildman–Crippen LogP) is 0.496. The number of aliphatic imine (C=N–C) groups is 1. The van der Waals surface area contributed by atoms with Gasteiger partial charge in [-0.2, -0.15) is 0 Å². The average Bonchev–Trinajstić information content (AvgIpc) is 2.96. The van der Waals surface area contributed by atoms with E-state index in [9.17, 15) is 0 Å². The van der Waals surface area contributed by atoms with Crippen molar-refractivity contribution in [2.75, 3.05) is 0 Å². The number of hydrogen-bond acceptors (Lipinski definition) is 4. The van der Waals surface area contributed by atoms with Gasteiger partial charge in [-0.05, 0) is 18.6 Å². The fourth-order valence-electron chi connectivity index (χ4n) is 1.31. The van der Waals surface area contributed by atoms with E-state index in [-0.39, 0.29) is 12.8 Å². The van der Waals surface area contributed by atoms with Crippen molar-refractivity contribution in [3.8, 4) is 0 Å². The molecule has 0 saturated carbocycles. The lowest BCUT2D eigenvalue weighted by atomic mass is 9.65. The van der Waals surface area contributed by atoms with Crippen molar-refractivity contribution in [1.82, 2.24) is 4.98 Å². The van der Waals surface area contributed by atoms with E-state index in [2.05, 4.69) is 9.98 Å². The van der Waals surface area contributed by atoms with Gasteiger partial charge in [0, 0.05) is 6.20 Å². The van der Waals surface area contributed by atoms with Gasteiger partial charge in [0.25, 0.3) is 0 Å². The molecule has 3 heterocycles. The van der Waals surface area contributed by atoms with Gasteiger partial charge in [-0.3, -0.25) is 4.98 Å². The molecule has 1 radical (unpaired) electrons. The molecule has 3 rings (SSSR count). The first-order valence-corrected chi connectivity index (χ1v) is 4.48. The van der Waals surface area contributed by atoms with Crippen molar-refractivity contribution in [3.63, 3.8) is 0 Å². The van der Waals surface area contributed by atoms with Crippen molar-refractivity contribution < 1.29 is 9.31 Å². The van der Waals surface area contributed by atoms with Crippen LogP contribution in [0, 0.1) is 6.92 Å². The number of aromatic nitrogens is 1. The molecule has 0 bridgehead atoms. The summed E-state index contributed by atoms with van der Waals surface area (Å²) in [6.45, 7) is 2.04. The number of rotatable bonds is 2. The van der Waals surface area contributed by atoms with Gasteiger partial charge < -0.3 is 9.31 Å². The van der Waals surface area contributed by atoms with Crippen LogP contribution in [0.3, 0.4) is 0 Å². The van der Waals surface area contributed by atoms with Crippen LogP contribution >= 0.6 is 0 Å². The molecule has 1 atom stereocenters. The summed E-state index contributed by atoms with van der Waals surface area (Å²) in [5.41, 5.74) is 1.93. The second-order valence-corrected chi connectivity index (χ2v) is 3.45. The molecule has 2 aliphatic heterocycles. The molecule has 0 amide bonds. The number of nitrogens with zero attached hydrogens (tertiary/aromatic N) is 2. The monoisotopic (exact) mass is 185 g/mol. The maximum atomic E-state index is 5.25. The normalized spacial score (nSPS) is 25.6. The van der Waals surface area contributed by atoms with Gasteiger partial charge >= 0.3 is 14.4 Å². The number of pyridine rings is 1. The number of hydrogen-bond donors (Lipinski definition) is 0. The van der Waals surface area contributed by atoms with E-state index in [0.29, 0.717) is 0 Å². The molecule has 67 valence electrons. The Morgan fingerprint density at radius 3 is 3.14 bits per heavy atom. The summed E-state index contributed by atoms with van der Waals surface area (Å²) in [7, 11) is 1.75. The van der Waals surface area contributed by atoms with E-state index in [4.69, 9.17) is 9.31 Å². The van der Waals surface area contributed by atoms with E-state index >= 15 is 0 Å². The van der Waals surface area contributed by atoms with Crippen molar-refractivity contribution in [2.45, 2.75) is 12.8 Å². The van der Waals surface area contributed by atoms with Gasteiger partial charge in [-0.1, -0.05) is 0 Å². The quantitative estimate of drug-likeness (QED) is 0.497. The predicted molar refractivity (Wildman–Crippen MR) is 53.5 cm³/mol. The molecular weight excluding hydrogens is 178 g/mol. The van der Waals surface area contributed by atoms with E-state index in [1.807, 2.05) is 13.0 Å². The largest absolute Gasteiger partial charge is 0.544 e. The molecular formula is C8H7B2N2O2. The average molecular weight is 185 g/mol. The SMILES string of the molecule is Cc1cncc(N=C2OB2C2[B]O2)c1. The topological polar surface area (TPSA) is 50.3 Å². The number of aryl methyl sites for hydroxylation is 1. The molecule has 0 N–H and O–H groups in total. The van der Waals surface area contributed by atoms with Crippen LogP contribution in [0.25, 0.3) is 0 Å². The Labute approximate surface area is 82.7 Å². The van der Waals surface area contributed by atoms with Crippen LogP contribution in [0.5, 0.6) is 0 Å². The molecule has 0 aliphatic carbocycles. The fourth-order valence-corrected chi connectivity index (χ4v) is 1.31. The lowest BCUT2D eigenvalue weighted by Gasteiger charge is -1.91. The van der Waals surface area contributed by atoms with E-state index in [1.54, 1.807) is 19.9 Å². The minimum Gasteiger partial charge on any atom is -0.544 e. The molecule has 0 spiro atoms. The van der Waals surface area contributed by atoms with E-state index < -0.39 is 0 Å². The Hall–Kier alpha value is -1.29. The zero-order valence-corrected chi connectivity index (χ0v) is 7.68. The van der Waals surface area contributed by atoms with Crippen LogP contribution < -0.4 is 0 Å². The van der Waals surface area contributed by atoms with Gasteiger partial charge in [0.1, 0.15) is 0 Å². The van der Waals surface area contributed by atoms with Gasteiger partial charge in [0.2, 0.25) is 0 Å². The molecule has 2 aliphatic rings. The summed E-state index contributed by atoms with van der Waals surface area (Å²) in [6.07, 6.45) is 3.52. The van der Waals surface area contributed by atoms with E-state index in [0.717, 1.165) is 17.0 Å². The van der Waals surface area contributed by atoms with Gasteiger partial charge in [-0.25, -0.2) is 4.99 Å². The van der Waals surface area contributed by atoms with Crippen LogP contribution in [-0.4, -0.2) is 31.1 Å². The summed E-state index contributed by atoms with van der Waals surface area (Å²) >= 11 is 0. The minimum atomic E-state index is 0.0514. The summed E-state index contributed by atoms with van der Waals surface area (Å²) in [5, 5.41) is 0. The zero-order valence-electron chi connectivity index (χ0n) is 7.68. The van der Waals surface area contributed by atoms with Gasteiger partial charge in [0.15, 0.2) is 5.80 Å². The molecule has 2 saturated heterocycles. The first-order chi connectivity index (χ1) is 6.83. The van der Waals surface area contributed by atoms with Crippen molar-refractivity contribution in [2.24, 2.45) is 4.99 Å². The second kappa shape index (κ2) is 2.85. The maximum absolute atomic E-state index is 5.25. The molecule has 1 unspecified atom stereocenters. The van der Waals surface area contributed by atoms with Crippen LogP contribution in [0.1, 0.15) is 5.56 Å². The van der Waals surface area contributed by atoms with E-state index in [1.165, 1.54) is 0 Å². The molecule has 1 aromatic heterocycles. The molecule has 0 aromatic carbocycles. The molecule has 1 aromatic rings. The van der Waals surface area contributed by atoms with Crippen LogP contribution in [-0.2, 0) is 9.31 Å². The Morgan fingerprint density at radius 2 is 2.43 bits per heavy atom.